The van der Waals surface area contributed by atoms with Crippen molar-refractivity contribution >= 4 is 11.9 Å². The number of hydrogen-bond donors (Lipinski definition) is 7. The van der Waals surface area contributed by atoms with Crippen molar-refractivity contribution in [3.63, 3.8) is 0 Å². The van der Waals surface area contributed by atoms with E-state index in [9.17, 15) is 45.3 Å². The Balaban J connectivity index is 1.77. The summed E-state index contributed by atoms with van der Waals surface area (Å²) in [6.07, 6.45) is 44.0. The molecule has 0 aromatic carbocycles. The largest absolute Gasteiger partial charge is 0.462 e. The van der Waals surface area contributed by atoms with Gasteiger partial charge >= 0.3 is 11.9 Å². The molecule has 0 aromatic rings. The van der Waals surface area contributed by atoms with Gasteiger partial charge in [-0.2, -0.15) is 0 Å². The van der Waals surface area contributed by atoms with Gasteiger partial charge in [0.05, 0.1) is 19.8 Å². The zero-order valence-corrected chi connectivity index (χ0v) is 45.9. The number of hydrogen-bond acceptors (Lipinski definition) is 15. The minimum Gasteiger partial charge on any atom is -0.462 e. The minimum atomic E-state index is -1.78. The van der Waals surface area contributed by atoms with Crippen LogP contribution >= 0.6 is 0 Å². The lowest BCUT2D eigenvalue weighted by atomic mass is 9.98. The molecule has 0 aliphatic carbocycles. The fraction of sp³-hybridized carbons (Fsp3) is 0.672. The lowest BCUT2D eigenvalue weighted by Gasteiger charge is -2.42. The fourth-order valence-electron chi connectivity index (χ4n) is 8.18. The van der Waals surface area contributed by atoms with Gasteiger partial charge in [-0.25, -0.2) is 0 Å². The Morgan fingerprint density at radius 3 is 1.28 bits per heavy atom. The standard InChI is InChI=1S/C61H98O15/c1-3-5-7-9-11-13-15-17-19-21-22-23-24-25-26-28-29-31-33-35-37-39-41-43-52(63)71-46-49(74-53(64)44-42-40-38-36-34-32-30-27-20-18-16-14-12-10-8-6-4-2)47-72-60-59(70)57(68)55(66)51(76-60)48-73-61-58(69)56(67)54(65)50(45-62)75-61/h5-8,11-14,17-20,22-23,30,32,36,38,49-51,54-62,65-70H,3-4,9-10,15-16,21,24-29,31,33-35,37,39-48H2,1-2H3/b7-5-,8-6-,13-11-,14-12-,19-17-,20-18-,23-22-,32-30-,38-36-. The van der Waals surface area contributed by atoms with Crippen LogP contribution < -0.4 is 0 Å². The minimum absolute atomic E-state index is 0.0796. The monoisotopic (exact) mass is 1070 g/mol. The molecule has 0 radical (unpaired) electrons. The number of esters is 2. The van der Waals surface area contributed by atoms with Gasteiger partial charge in [0.1, 0.15) is 55.4 Å². The van der Waals surface area contributed by atoms with Crippen LogP contribution in [-0.4, -0.2) is 142 Å². The van der Waals surface area contributed by atoms with Crippen LogP contribution in [0.15, 0.2) is 109 Å². The Kier molecular flexibility index (Phi) is 41.4. The molecule has 15 nitrogen and oxygen atoms in total. The van der Waals surface area contributed by atoms with Gasteiger partial charge in [0, 0.05) is 12.8 Å². The van der Waals surface area contributed by atoms with Crippen molar-refractivity contribution in [2.75, 3.05) is 26.4 Å². The number of carbonyl (C=O) groups excluding carboxylic acids is 2. The summed E-state index contributed by atoms with van der Waals surface area (Å²) in [6, 6.07) is 0. The Labute approximate surface area is 455 Å². The van der Waals surface area contributed by atoms with Crippen LogP contribution in [0, 0.1) is 0 Å². The highest BCUT2D eigenvalue weighted by molar-refractivity contribution is 5.70. The zero-order chi connectivity index (χ0) is 55.3. The molecule has 2 aliphatic rings. The summed E-state index contributed by atoms with van der Waals surface area (Å²) in [5.74, 6) is -1.01. The van der Waals surface area contributed by atoms with E-state index in [1.165, 1.54) is 32.1 Å². The van der Waals surface area contributed by atoms with E-state index in [2.05, 4.69) is 111 Å². The van der Waals surface area contributed by atoms with E-state index in [1.54, 1.807) is 0 Å². The molecule has 0 saturated carbocycles. The summed E-state index contributed by atoms with van der Waals surface area (Å²) in [4.78, 5) is 25.9. The van der Waals surface area contributed by atoms with Crippen molar-refractivity contribution in [2.45, 2.75) is 235 Å². The van der Waals surface area contributed by atoms with Crippen LogP contribution in [0.4, 0.5) is 0 Å². The van der Waals surface area contributed by atoms with Crippen LogP contribution in [0.2, 0.25) is 0 Å². The van der Waals surface area contributed by atoms with Crippen molar-refractivity contribution in [3.8, 4) is 0 Å². The molecular weight excluding hydrogens is 973 g/mol. The van der Waals surface area contributed by atoms with Gasteiger partial charge in [-0.05, 0) is 89.9 Å². The smallest absolute Gasteiger partial charge is 0.306 e. The summed E-state index contributed by atoms with van der Waals surface area (Å²) < 4.78 is 33.6. The lowest BCUT2D eigenvalue weighted by molar-refractivity contribution is -0.332. The third-order valence-electron chi connectivity index (χ3n) is 12.7. The summed E-state index contributed by atoms with van der Waals surface area (Å²) >= 11 is 0. The maximum Gasteiger partial charge on any atom is 0.306 e. The van der Waals surface area contributed by atoms with Gasteiger partial charge < -0.3 is 64.2 Å². The molecule has 15 heteroatoms. The van der Waals surface area contributed by atoms with Crippen molar-refractivity contribution in [1.82, 2.24) is 0 Å². The average molecular weight is 1070 g/mol. The highest BCUT2D eigenvalue weighted by Crippen LogP contribution is 2.26. The van der Waals surface area contributed by atoms with Gasteiger partial charge in [-0.1, -0.05) is 175 Å². The molecule has 2 rings (SSSR count). The van der Waals surface area contributed by atoms with E-state index in [4.69, 9.17) is 28.4 Å². The van der Waals surface area contributed by atoms with Gasteiger partial charge in [-0.15, -0.1) is 0 Å². The Morgan fingerprint density at radius 1 is 0.421 bits per heavy atom. The quantitative estimate of drug-likeness (QED) is 0.0171. The molecular formula is C61H98O15. The number of aliphatic hydroxyl groups excluding tert-OH is 7. The molecule has 0 spiro atoms. The predicted molar refractivity (Wildman–Crippen MR) is 298 cm³/mol. The molecule has 2 saturated heterocycles. The second kappa shape index (κ2) is 46.1. The van der Waals surface area contributed by atoms with Gasteiger partial charge in [0.15, 0.2) is 18.7 Å². The first-order chi connectivity index (χ1) is 37.0. The fourth-order valence-corrected chi connectivity index (χ4v) is 8.18. The predicted octanol–water partition coefficient (Wildman–Crippen LogP) is 9.49. The number of aliphatic hydroxyl groups is 7. The first kappa shape index (κ1) is 68.3. The van der Waals surface area contributed by atoms with Gasteiger partial charge in [0.25, 0.3) is 0 Å². The van der Waals surface area contributed by atoms with Gasteiger partial charge in [-0.3, -0.25) is 9.59 Å². The Morgan fingerprint density at radius 2 is 0.803 bits per heavy atom. The number of unbranched alkanes of at least 4 members (excludes halogenated alkanes) is 11. The van der Waals surface area contributed by atoms with Crippen LogP contribution in [0.3, 0.4) is 0 Å². The number of rotatable bonds is 43. The topological polar surface area (TPSA) is 231 Å². The molecule has 2 heterocycles. The third kappa shape index (κ3) is 32.8. The molecule has 11 unspecified atom stereocenters. The zero-order valence-electron chi connectivity index (χ0n) is 45.9. The second-order valence-corrected chi connectivity index (χ2v) is 19.3. The second-order valence-electron chi connectivity index (χ2n) is 19.3. The van der Waals surface area contributed by atoms with Crippen LogP contribution in [0.1, 0.15) is 168 Å². The van der Waals surface area contributed by atoms with Crippen LogP contribution in [-0.2, 0) is 38.0 Å². The number of allylic oxidation sites excluding steroid dienone is 18. The molecule has 7 N–H and O–H groups in total. The van der Waals surface area contributed by atoms with Crippen molar-refractivity contribution in [3.05, 3.63) is 109 Å². The molecule has 2 aliphatic heterocycles. The summed E-state index contributed by atoms with van der Waals surface area (Å²) in [7, 11) is 0. The molecule has 0 bridgehead atoms. The van der Waals surface area contributed by atoms with E-state index in [0.717, 1.165) is 89.9 Å². The highest BCUT2D eigenvalue weighted by atomic mass is 16.7. The Hall–Kier alpha value is -3.84. The third-order valence-corrected chi connectivity index (χ3v) is 12.7. The molecule has 2 fully saturated rings. The van der Waals surface area contributed by atoms with E-state index >= 15 is 0 Å². The van der Waals surface area contributed by atoms with Gasteiger partial charge in [0.2, 0.25) is 0 Å². The van der Waals surface area contributed by atoms with E-state index < -0.39 is 99.3 Å². The summed E-state index contributed by atoms with van der Waals surface area (Å²) in [5.41, 5.74) is 0. The molecule has 432 valence electrons. The maximum atomic E-state index is 13.0. The molecule has 76 heavy (non-hydrogen) atoms. The van der Waals surface area contributed by atoms with E-state index in [1.807, 2.05) is 12.2 Å². The van der Waals surface area contributed by atoms with E-state index in [-0.39, 0.29) is 19.4 Å². The van der Waals surface area contributed by atoms with Crippen molar-refractivity contribution < 1.29 is 73.8 Å². The number of carbonyl (C=O) groups is 2. The van der Waals surface area contributed by atoms with E-state index in [0.29, 0.717) is 19.3 Å². The summed E-state index contributed by atoms with van der Waals surface area (Å²) in [5, 5.41) is 72.3. The molecule has 0 aromatic heterocycles. The maximum absolute atomic E-state index is 13.0. The van der Waals surface area contributed by atoms with Crippen LogP contribution in [0.25, 0.3) is 0 Å². The normalized spacial score (nSPS) is 25.2. The average Bonchev–Trinajstić information content (AvgIpc) is 3.41. The first-order valence-electron chi connectivity index (χ1n) is 28.5. The van der Waals surface area contributed by atoms with Crippen LogP contribution in [0.5, 0.6) is 0 Å². The molecule has 0 amide bonds. The van der Waals surface area contributed by atoms with Crippen molar-refractivity contribution in [2.24, 2.45) is 0 Å². The number of ether oxygens (including phenoxy) is 6. The van der Waals surface area contributed by atoms with Crippen molar-refractivity contribution in [1.29, 1.82) is 0 Å². The lowest BCUT2D eigenvalue weighted by Crippen LogP contribution is -2.61. The SMILES string of the molecule is CC/C=C\C/C=C\C/C=C\C/C=C\C/C=C\CCCC(=O)OC(COC(=O)CCCCCCCCCCCC/C=C\C/C=C\C/C=C\C/C=C\CC)COC1OC(COC2OC(CO)C(O)C(O)C2O)C(O)C(O)C1O. The summed E-state index contributed by atoms with van der Waals surface area (Å²) in [6.45, 7) is 2.29. The first-order valence-corrected chi connectivity index (χ1v) is 28.5. The molecule has 11 atom stereocenters. The highest BCUT2D eigenvalue weighted by Gasteiger charge is 2.47. The Bertz CT molecular complexity index is 1730.